The summed E-state index contributed by atoms with van der Waals surface area (Å²) >= 11 is 0. The number of carbonyl (C=O) groups excluding carboxylic acids is 2. The standard InChI is InChI=1S/C13H16N4O4/c1-7(2)10-11(18)14-3-4-17(10)12(19)8-5-16-9(6-15-8)13(20)21/h5-7,10H,3-4H2,1-2H3,(H,14,18)(H,20,21). The Bertz CT molecular complexity index is 570. The quantitative estimate of drug-likeness (QED) is 0.796. The number of hydrogen-bond acceptors (Lipinski definition) is 5. The smallest absolute Gasteiger partial charge is 0.356 e. The van der Waals surface area contributed by atoms with Crippen molar-refractivity contribution >= 4 is 17.8 Å². The van der Waals surface area contributed by atoms with Crippen molar-refractivity contribution < 1.29 is 19.5 Å². The molecule has 1 fully saturated rings. The summed E-state index contributed by atoms with van der Waals surface area (Å²) in [4.78, 5) is 44.0. The van der Waals surface area contributed by atoms with Crippen LogP contribution in [0.2, 0.25) is 0 Å². The third-order valence-corrected chi connectivity index (χ3v) is 3.24. The number of nitrogens with one attached hydrogen (secondary N) is 1. The maximum absolute atomic E-state index is 12.4. The van der Waals surface area contributed by atoms with Gasteiger partial charge in [0.05, 0.1) is 12.4 Å². The minimum Gasteiger partial charge on any atom is -0.476 e. The molecule has 21 heavy (non-hydrogen) atoms. The highest BCUT2D eigenvalue weighted by Crippen LogP contribution is 2.16. The number of aromatic carboxylic acids is 1. The molecule has 0 radical (unpaired) electrons. The monoisotopic (exact) mass is 292 g/mol. The van der Waals surface area contributed by atoms with Gasteiger partial charge in [0.2, 0.25) is 5.91 Å². The SMILES string of the molecule is CC(C)C1C(=O)NCCN1C(=O)c1cnc(C(=O)O)cn1. The van der Waals surface area contributed by atoms with E-state index in [0.717, 1.165) is 12.4 Å². The zero-order chi connectivity index (χ0) is 15.6. The molecule has 1 aromatic heterocycles. The van der Waals surface area contributed by atoms with Gasteiger partial charge in [-0.1, -0.05) is 13.8 Å². The summed E-state index contributed by atoms with van der Waals surface area (Å²) < 4.78 is 0. The van der Waals surface area contributed by atoms with E-state index in [1.807, 2.05) is 13.8 Å². The van der Waals surface area contributed by atoms with Gasteiger partial charge in [-0.25, -0.2) is 14.8 Å². The second kappa shape index (κ2) is 5.86. The number of hydrogen-bond donors (Lipinski definition) is 2. The van der Waals surface area contributed by atoms with Gasteiger partial charge in [-0.05, 0) is 5.92 Å². The molecule has 8 heteroatoms. The van der Waals surface area contributed by atoms with Crippen molar-refractivity contribution in [1.82, 2.24) is 20.2 Å². The van der Waals surface area contributed by atoms with Crippen LogP contribution in [0.4, 0.5) is 0 Å². The molecule has 2 N–H and O–H groups in total. The molecule has 2 heterocycles. The van der Waals surface area contributed by atoms with Gasteiger partial charge in [-0.3, -0.25) is 9.59 Å². The van der Waals surface area contributed by atoms with E-state index >= 15 is 0 Å². The number of aromatic nitrogens is 2. The molecule has 8 nitrogen and oxygen atoms in total. The number of nitrogens with zero attached hydrogens (tertiary/aromatic N) is 3. The van der Waals surface area contributed by atoms with Crippen LogP contribution in [-0.4, -0.2) is 56.9 Å². The first-order chi connectivity index (χ1) is 9.91. The molecule has 0 saturated carbocycles. The van der Waals surface area contributed by atoms with Crippen molar-refractivity contribution in [3.63, 3.8) is 0 Å². The molecule has 1 unspecified atom stereocenters. The second-order valence-corrected chi connectivity index (χ2v) is 5.07. The second-order valence-electron chi connectivity index (χ2n) is 5.07. The van der Waals surface area contributed by atoms with E-state index in [2.05, 4.69) is 15.3 Å². The Labute approximate surface area is 121 Å². The average molecular weight is 292 g/mol. The van der Waals surface area contributed by atoms with Crippen LogP contribution in [0.15, 0.2) is 12.4 Å². The van der Waals surface area contributed by atoms with Gasteiger partial charge >= 0.3 is 5.97 Å². The van der Waals surface area contributed by atoms with Gasteiger partial charge in [0.15, 0.2) is 5.69 Å². The van der Waals surface area contributed by atoms with Crippen LogP contribution in [0.3, 0.4) is 0 Å². The Kier molecular flexibility index (Phi) is 4.15. The van der Waals surface area contributed by atoms with Crippen LogP contribution < -0.4 is 5.32 Å². The average Bonchev–Trinajstić information content (AvgIpc) is 2.46. The predicted molar refractivity (Wildman–Crippen MR) is 71.7 cm³/mol. The largest absolute Gasteiger partial charge is 0.476 e. The molecular formula is C13H16N4O4. The highest BCUT2D eigenvalue weighted by molar-refractivity contribution is 5.97. The molecule has 1 atom stereocenters. The number of amides is 2. The highest BCUT2D eigenvalue weighted by atomic mass is 16.4. The number of carboxylic acids is 1. The number of carboxylic acid groups (broad SMARTS) is 1. The minimum atomic E-state index is -1.21. The lowest BCUT2D eigenvalue weighted by atomic mass is 9.99. The van der Waals surface area contributed by atoms with E-state index in [4.69, 9.17) is 5.11 Å². The zero-order valence-electron chi connectivity index (χ0n) is 11.7. The third kappa shape index (κ3) is 2.99. The number of carbonyl (C=O) groups is 3. The van der Waals surface area contributed by atoms with Gasteiger partial charge in [0.1, 0.15) is 11.7 Å². The maximum atomic E-state index is 12.4. The van der Waals surface area contributed by atoms with Gasteiger partial charge < -0.3 is 15.3 Å². The molecule has 2 amide bonds. The van der Waals surface area contributed by atoms with E-state index in [1.165, 1.54) is 4.90 Å². The first kappa shape index (κ1) is 14.9. The summed E-state index contributed by atoms with van der Waals surface area (Å²) in [6, 6.07) is -0.563. The number of rotatable bonds is 3. The third-order valence-electron chi connectivity index (χ3n) is 3.24. The van der Waals surface area contributed by atoms with Crippen LogP contribution in [0.1, 0.15) is 34.8 Å². The minimum absolute atomic E-state index is 0.0281. The predicted octanol–water partition coefficient (Wildman–Crippen LogP) is -0.229. The van der Waals surface area contributed by atoms with Gasteiger partial charge in [0, 0.05) is 13.1 Å². The summed E-state index contributed by atoms with van der Waals surface area (Å²) in [6.07, 6.45) is 2.15. The lowest BCUT2D eigenvalue weighted by Gasteiger charge is -2.37. The Balaban J connectivity index is 2.24. The molecule has 0 aliphatic carbocycles. The van der Waals surface area contributed by atoms with Crippen LogP contribution in [-0.2, 0) is 4.79 Å². The van der Waals surface area contributed by atoms with Crippen molar-refractivity contribution in [3.05, 3.63) is 23.8 Å². The summed E-state index contributed by atoms with van der Waals surface area (Å²) in [5, 5.41) is 11.5. The Morgan fingerprint density at radius 2 is 1.95 bits per heavy atom. The maximum Gasteiger partial charge on any atom is 0.356 e. The van der Waals surface area contributed by atoms with Crippen molar-refractivity contribution in [3.8, 4) is 0 Å². The fourth-order valence-electron chi connectivity index (χ4n) is 2.27. The van der Waals surface area contributed by atoms with Crippen molar-refractivity contribution in [2.45, 2.75) is 19.9 Å². The zero-order valence-corrected chi connectivity index (χ0v) is 11.7. The molecule has 0 spiro atoms. The van der Waals surface area contributed by atoms with E-state index < -0.39 is 17.9 Å². The molecular weight excluding hydrogens is 276 g/mol. The topological polar surface area (TPSA) is 112 Å². The normalized spacial score (nSPS) is 18.5. The molecule has 2 rings (SSSR count). The van der Waals surface area contributed by atoms with Crippen molar-refractivity contribution in [1.29, 1.82) is 0 Å². The van der Waals surface area contributed by atoms with Gasteiger partial charge in [-0.2, -0.15) is 0 Å². The Hall–Kier alpha value is -2.51. The Morgan fingerprint density at radius 1 is 1.33 bits per heavy atom. The molecule has 1 aliphatic rings. The molecule has 1 aromatic rings. The summed E-state index contributed by atoms with van der Waals surface area (Å²) in [5.74, 6) is -1.87. The molecule has 0 aromatic carbocycles. The molecule has 1 aliphatic heterocycles. The van der Waals surface area contributed by atoms with E-state index in [9.17, 15) is 14.4 Å². The molecule has 112 valence electrons. The fraction of sp³-hybridized carbons (Fsp3) is 0.462. The first-order valence-electron chi connectivity index (χ1n) is 6.56. The van der Waals surface area contributed by atoms with E-state index in [0.29, 0.717) is 13.1 Å². The van der Waals surface area contributed by atoms with E-state index in [-0.39, 0.29) is 23.2 Å². The lowest BCUT2D eigenvalue weighted by molar-refractivity contribution is -0.129. The summed E-state index contributed by atoms with van der Waals surface area (Å²) in [5.41, 5.74) is -0.205. The van der Waals surface area contributed by atoms with Crippen LogP contribution in [0.25, 0.3) is 0 Å². The van der Waals surface area contributed by atoms with Crippen LogP contribution in [0.5, 0.6) is 0 Å². The molecule has 1 saturated heterocycles. The van der Waals surface area contributed by atoms with Crippen LogP contribution >= 0.6 is 0 Å². The highest BCUT2D eigenvalue weighted by Gasteiger charge is 2.36. The van der Waals surface area contributed by atoms with Gasteiger partial charge in [-0.15, -0.1) is 0 Å². The number of piperazine rings is 1. The summed E-state index contributed by atoms with van der Waals surface area (Å²) in [6.45, 7) is 4.48. The van der Waals surface area contributed by atoms with Crippen molar-refractivity contribution in [2.75, 3.05) is 13.1 Å². The van der Waals surface area contributed by atoms with Crippen LogP contribution in [0, 0.1) is 5.92 Å². The first-order valence-corrected chi connectivity index (χ1v) is 6.56. The van der Waals surface area contributed by atoms with E-state index in [1.54, 1.807) is 0 Å². The Morgan fingerprint density at radius 3 is 2.48 bits per heavy atom. The fourth-order valence-corrected chi connectivity index (χ4v) is 2.27. The summed E-state index contributed by atoms with van der Waals surface area (Å²) in [7, 11) is 0. The van der Waals surface area contributed by atoms with Gasteiger partial charge in [0.25, 0.3) is 5.91 Å². The molecule has 0 bridgehead atoms. The lowest BCUT2D eigenvalue weighted by Crippen LogP contribution is -2.59. The van der Waals surface area contributed by atoms with Crippen molar-refractivity contribution in [2.24, 2.45) is 5.92 Å².